The van der Waals surface area contributed by atoms with Crippen LogP contribution in [0.4, 0.5) is 11.4 Å². The Bertz CT molecular complexity index is 711. The molecule has 1 aliphatic carbocycles. The van der Waals surface area contributed by atoms with E-state index in [4.69, 9.17) is 5.11 Å². The van der Waals surface area contributed by atoms with Gasteiger partial charge in [0.2, 0.25) is 0 Å². The number of nitro groups is 1. The second-order valence-corrected chi connectivity index (χ2v) is 5.99. The maximum absolute atomic E-state index is 11.3. The highest BCUT2D eigenvalue weighted by Crippen LogP contribution is 2.39. The van der Waals surface area contributed by atoms with Gasteiger partial charge in [-0.25, -0.2) is 4.98 Å². The SMILES string of the molecule is O=C(O)CC(Nc1ccc2scnc2c1[N+](=O)[O-])C1CC1. The average Bonchev–Trinajstić information content (AvgIpc) is 3.15. The molecule has 3 rings (SSSR count). The number of nitrogens with one attached hydrogen (secondary N) is 1. The molecule has 0 bridgehead atoms. The molecule has 1 heterocycles. The van der Waals surface area contributed by atoms with Crippen LogP contribution in [0.3, 0.4) is 0 Å². The summed E-state index contributed by atoms with van der Waals surface area (Å²) in [6.07, 6.45) is 1.87. The molecule has 8 heteroatoms. The van der Waals surface area contributed by atoms with E-state index in [-0.39, 0.29) is 24.1 Å². The van der Waals surface area contributed by atoms with Crippen molar-refractivity contribution in [3.05, 3.63) is 27.8 Å². The lowest BCUT2D eigenvalue weighted by molar-refractivity contribution is -0.382. The second-order valence-electron chi connectivity index (χ2n) is 5.10. The summed E-state index contributed by atoms with van der Waals surface area (Å²) in [6.45, 7) is 0. The number of benzene rings is 1. The quantitative estimate of drug-likeness (QED) is 0.628. The molecular weight excluding hydrogens is 294 g/mol. The first-order valence-corrected chi connectivity index (χ1v) is 7.43. The standard InChI is InChI=1S/C13H13N3O4S/c17-11(18)5-9(7-1-2-7)15-8-3-4-10-12(14-6-21-10)13(8)16(19)20/h3-4,6-7,9,15H,1-2,5H2,(H,17,18). The van der Waals surface area contributed by atoms with E-state index in [2.05, 4.69) is 10.3 Å². The highest BCUT2D eigenvalue weighted by molar-refractivity contribution is 7.16. The predicted octanol–water partition coefficient (Wildman–Crippen LogP) is 2.87. The summed E-state index contributed by atoms with van der Waals surface area (Å²) < 4.78 is 0.744. The Balaban J connectivity index is 1.96. The lowest BCUT2D eigenvalue weighted by Gasteiger charge is -2.17. The van der Waals surface area contributed by atoms with E-state index in [9.17, 15) is 14.9 Å². The van der Waals surface area contributed by atoms with Crippen molar-refractivity contribution in [3.63, 3.8) is 0 Å². The molecule has 0 aliphatic heterocycles. The Kier molecular flexibility index (Phi) is 3.46. The third-order valence-corrected chi connectivity index (χ3v) is 4.38. The van der Waals surface area contributed by atoms with E-state index < -0.39 is 10.9 Å². The molecule has 1 aromatic carbocycles. The van der Waals surface area contributed by atoms with Crippen LogP contribution in [0.1, 0.15) is 19.3 Å². The third kappa shape index (κ3) is 2.80. The van der Waals surface area contributed by atoms with Gasteiger partial charge in [0.1, 0.15) is 5.69 Å². The largest absolute Gasteiger partial charge is 0.481 e. The summed E-state index contributed by atoms with van der Waals surface area (Å²) in [5.74, 6) is -0.636. The van der Waals surface area contributed by atoms with Crippen molar-refractivity contribution in [2.45, 2.75) is 25.3 Å². The Morgan fingerprint density at radius 2 is 2.33 bits per heavy atom. The van der Waals surface area contributed by atoms with E-state index in [1.54, 1.807) is 17.6 Å². The van der Waals surface area contributed by atoms with Crippen molar-refractivity contribution >= 4 is 38.9 Å². The normalized spacial score (nSPS) is 15.8. The zero-order valence-corrected chi connectivity index (χ0v) is 11.8. The van der Waals surface area contributed by atoms with Gasteiger partial charge >= 0.3 is 11.7 Å². The number of aromatic nitrogens is 1. The number of carboxylic acid groups (broad SMARTS) is 1. The minimum Gasteiger partial charge on any atom is -0.481 e. The van der Waals surface area contributed by atoms with Crippen molar-refractivity contribution < 1.29 is 14.8 Å². The van der Waals surface area contributed by atoms with Gasteiger partial charge in [-0.1, -0.05) is 0 Å². The highest BCUT2D eigenvalue weighted by atomic mass is 32.1. The minimum atomic E-state index is -0.906. The topological polar surface area (TPSA) is 105 Å². The number of aliphatic carboxylic acids is 1. The molecule has 7 nitrogen and oxygen atoms in total. The van der Waals surface area contributed by atoms with Gasteiger partial charge in [-0.15, -0.1) is 11.3 Å². The Labute approximate surface area is 123 Å². The number of carboxylic acids is 1. The molecule has 0 radical (unpaired) electrons. The first-order chi connectivity index (χ1) is 10.1. The summed E-state index contributed by atoms with van der Waals surface area (Å²) in [6, 6.07) is 3.13. The summed E-state index contributed by atoms with van der Waals surface area (Å²) in [4.78, 5) is 25.9. The van der Waals surface area contributed by atoms with Crippen LogP contribution in [0, 0.1) is 16.0 Å². The summed E-state index contributed by atoms with van der Waals surface area (Å²) in [7, 11) is 0. The van der Waals surface area contributed by atoms with Crippen LogP contribution in [-0.4, -0.2) is 27.0 Å². The lowest BCUT2D eigenvalue weighted by atomic mass is 10.1. The van der Waals surface area contributed by atoms with Crippen LogP contribution >= 0.6 is 11.3 Å². The fraction of sp³-hybridized carbons (Fsp3) is 0.385. The molecule has 2 aromatic rings. The number of fused-ring (bicyclic) bond motifs is 1. The number of hydrogen-bond donors (Lipinski definition) is 2. The van der Waals surface area contributed by atoms with Gasteiger partial charge in [0.15, 0.2) is 5.52 Å². The Hall–Kier alpha value is -2.22. The fourth-order valence-corrected chi connectivity index (χ4v) is 3.12. The van der Waals surface area contributed by atoms with Gasteiger partial charge < -0.3 is 10.4 Å². The average molecular weight is 307 g/mol. The second kappa shape index (κ2) is 5.28. The molecule has 0 spiro atoms. The first-order valence-electron chi connectivity index (χ1n) is 6.55. The maximum atomic E-state index is 11.3. The van der Waals surface area contributed by atoms with Gasteiger partial charge in [0.05, 0.1) is 21.6 Å². The number of nitro benzene ring substituents is 1. The molecule has 21 heavy (non-hydrogen) atoms. The lowest BCUT2D eigenvalue weighted by Crippen LogP contribution is -2.25. The van der Waals surface area contributed by atoms with Gasteiger partial charge in [-0.2, -0.15) is 0 Å². The summed E-state index contributed by atoms with van der Waals surface area (Å²) in [5.41, 5.74) is 2.18. The van der Waals surface area contributed by atoms with Gasteiger partial charge in [-0.05, 0) is 30.9 Å². The number of carbonyl (C=O) groups is 1. The monoisotopic (exact) mass is 307 g/mol. The molecule has 1 aromatic heterocycles. The molecule has 1 aliphatic rings. The predicted molar refractivity (Wildman–Crippen MR) is 78.7 cm³/mol. The molecule has 1 unspecified atom stereocenters. The number of hydrogen-bond acceptors (Lipinski definition) is 6. The van der Waals surface area contributed by atoms with Crippen LogP contribution in [0.25, 0.3) is 10.2 Å². The molecular formula is C13H13N3O4S. The van der Waals surface area contributed by atoms with Gasteiger partial charge in [0.25, 0.3) is 0 Å². The molecule has 1 saturated carbocycles. The van der Waals surface area contributed by atoms with Crippen molar-refractivity contribution in [1.29, 1.82) is 0 Å². The maximum Gasteiger partial charge on any atom is 0.319 e. The zero-order chi connectivity index (χ0) is 15.0. The minimum absolute atomic E-state index is 0.0447. The van der Waals surface area contributed by atoms with Gasteiger partial charge in [0, 0.05) is 6.04 Å². The summed E-state index contributed by atoms with van der Waals surface area (Å²) >= 11 is 1.34. The summed E-state index contributed by atoms with van der Waals surface area (Å²) in [5, 5.41) is 23.4. The number of nitrogens with zero attached hydrogens (tertiary/aromatic N) is 2. The van der Waals surface area contributed by atoms with Crippen molar-refractivity contribution in [2.75, 3.05) is 5.32 Å². The molecule has 1 fully saturated rings. The molecule has 0 amide bonds. The smallest absolute Gasteiger partial charge is 0.319 e. The number of rotatable bonds is 6. The first kappa shape index (κ1) is 13.7. The van der Waals surface area contributed by atoms with Crippen molar-refractivity contribution in [1.82, 2.24) is 4.98 Å². The molecule has 0 saturated heterocycles. The van der Waals surface area contributed by atoms with Crippen molar-refractivity contribution in [3.8, 4) is 0 Å². The van der Waals surface area contributed by atoms with Crippen LogP contribution in [0.2, 0.25) is 0 Å². The van der Waals surface area contributed by atoms with E-state index in [1.807, 2.05) is 0 Å². The van der Waals surface area contributed by atoms with Crippen LogP contribution < -0.4 is 5.32 Å². The Morgan fingerprint density at radius 3 is 2.95 bits per heavy atom. The van der Waals surface area contributed by atoms with E-state index in [0.29, 0.717) is 11.2 Å². The van der Waals surface area contributed by atoms with Crippen molar-refractivity contribution in [2.24, 2.45) is 5.92 Å². The molecule has 1 atom stereocenters. The third-order valence-electron chi connectivity index (χ3n) is 3.58. The van der Waals surface area contributed by atoms with Crippen LogP contribution in [0.5, 0.6) is 0 Å². The fourth-order valence-electron chi connectivity index (χ4n) is 2.44. The Morgan fingerprint density at radius 1 is 1.57 bits per heavy atom. The van der Waals surface area contributed by atoms with Crippen LogP contribution in [-0.2, 0) is 4.79 Å². The van der Waals surface area contributed by atoms with E-state index >= 15 is 0 Å². The van der Waals surface area contributed by atoms with Crippen LogP contribution in [0.15, 0.2) is 17.6 Å². The van der Waals surface area contributed by atoms with E-state index in [0.717, 1.165) is 17.5 Å². The van der Waals surface area contributed by atoms with E-state index in [1.165, 1.54) is 11.3 Å². The highest BCUT2D eigenvalue weighted by Gasteiger charge is 2.34. The number of thiazole rings is 1. The zero-order valence-electron chi connectivity index (χ0n) is 11.0. The molecule has 110 valence electrons. The molecule has 2 N–H and O–H groups in total. The number of anilines is 1. The van der Waals surface area contributed by atoms with Gasteiger partial charge in [-0.3, -0.25) is 14.9 Å².